The average molecular weight is 256 g/mol. The average Bonchev–Trinajstić information content (AvgIpc) is 2.28. The monoisotopic (exact) mass is 256 g/mol. The molecule has 2 unspecified atom stereocenters. The maximum absolute atomic E-state index is 11.0. The summed E-state index contributed by atoms with van der Waals surface area (Å²) in [5.41, 5.74) is -0.559. The smallest absolute Gasteiger partial charge is 0.309 e. The van der Waals surface area contributed by atoms with E-state index in [1.807, 2.05) is 13.8 Å². The summed E-state index contributed by atoms with van der Waals surface area (Å²) in [6.45, 7) is 10.5. The summed E-state index contributed by atoms with van der Waals surface area (Å²) in [5, 5.41) is 9.04. The number of carboxylic acid groups (broad SMARTS) is 1. The van der Waals surface area contributed by atoms with Crippen molar-refractivity contribution >= 4 is 5.97 Å². The largest absolute Gasteiger partial charge is 0.481 e. The van der Waals surface area contributed by atoms with Crippen LogP contribution in [0.3, 0.4) is 0 Å². The van der Waals surface area contributed by atoms with Gasteiger partial charge in [0.05, 0.1) is 5.41 Å². The molecule has 0 saturated carbocycles. The van der Waals surface area contributed by atoms with E-state index in [9.17, 15) is 4.79 Å². The lowest BCUT2D eigenvalue weighted by Crippen LogP contribution is -2.23. The summed E-state index contributed by atoms with van der Waals surface area (Å²) < 4.78 is 0. The van der Waals surface area contributed by atoms with E-state index in [-0.39, 0.29) is 0 Å². The minimum atomic E-state index is -0.674. The fourth-order valence-electron chi connectivity index (χ4n) is 2.16. The molecule has 0 amide bonds. The minimum Gasteiger partial charge on any atom is -0.481 e. The minimum absolute atomic E-state index is 0.559. The molecular weight excluding hydrogens is 224 g/mol. The highest BCUT2D eigenvalue weighted by atomic mass is 16.4. The van der Waals surface area contributed by atoms with E-state index in [0.29, 0.717) is 0 Å². The van der Waals surface area contributed by atoms with Crippen LogP contribution in [0.4, 0.5) is 0 Å². The molecule has 108 valence electrons. The van der Waals surface area contributed by atoms with E-state index >= 15 is 0 Å². The normalized spacial score (nSPS) is 15.4. The van der Waals surface area contributed by atoms with Crippen molar-refractivity contribution in [1.82, 2.24) is 0 Å². The number of carboxylic acids is 1. The molecule has 0 rings (SSSR count). The highest BCUT2D eigenvalue weighted by molar-refractivity contribution is 5.73. The van der Waals surface area contributed by atoms with E-state index in [2.05, 4.69) is 20.8 Å². The fourth-order valence-corrected chi connectivity index (χ4v) is 2.16. The highest BCUT2D eigenvalue weighted by Crippen LogP contribution is 2.26. The third kappa shape index (κ3) is 7.73. The van der Waals surface area contributed by atoms with Gasteiger partial charge in [-0.25, -0.2) is 0 Å². The maximum atomic E-state index is 11.0. The molecule has 0 spiro atoms. The van der Waals surface area contributed by atoms with E-state index in [1.54, 1.807) is 0 Å². The fraction of sp³-hybridized carbons (Fsp3) is 0.938. The molecule has 0 fully saturated rings. The lowest BCUT2D eigenvalue weighted by Gasteiger charge is -2.20. The van der Waals surface area contributed by atoms with Gasteiger partial charge >= 0.3 is 5.97 Å². The zero-order valence-electron chi connectivity index (χ0n) is 13.0. The van der Waals surface area contributed by atoms with Crippen molar-refractivity contribution in [2.45, 2.75) is 79.6 Å². The van der Waals surface area contributed by atoms with Crippen LogP contribution in [-0.2, 0) is 4.79 Å². The van der Waals surface area contributed by atoms with Gasteiger partial charge in [-0.15, -0.1) is 0 Å². The molecule has 0 aromatic rings. The van der Waals surface area contributed by atoms with Gasteiger partial charge in [-0.2, -0.15) is 0 Å². The van der Waals surface area contributed by atoms with Crippen LogP contribution in [0.25, 0.3) is 0 Å². The number of carbonyl (C=O) groups is 1. The van der Waals surface area contributed by atoms with Crippen LogP contribution in [0.1, 0.15) is 79.6 Å². The van der Waals surface area contributed by atoms with Crippen LogP contribution in [0.15, 0.2) is 0 Å². The molecule has 0 aromatic heterocycles. The van der Waals surface area contributed by atoms with Gasteiger partial charge in [0.15, 0.2) is 0 Å². The van der Waals surface area contributed by atoms with Crippen LogP contribution in [0.5, 0.6) is 0 Å². The van der Waals surface area contributed by atoms with Gasteiger partial charge in [0.2, 0.25) is 0 Å². The predicted molar refractivity (Wildman–Crippen MR) is 77.7 cm³/mol. The van der Waals surface area contributed by atoms with Gasteiger partial charge in [-0.1, -0.05) is 59.3 Å². The molecule has 2 atom stereocenters. The molecule has 0 heterocycles. The first kappa shape index (κ1) is 17.5. The van der Waals surface area contributed by atoms with Crippen molar-refractivity contribution in [3.05, 3.63) is 0 Å². The summed E-state index contributed by atoms with van der Waals surface area (Å²) in [4.78, 5) is 11.0. The molecule has 0 saturated heterocycles. The van der Waals surface area contributed by atoms with Crippen molar-refractivity contribution in [3.63, 3.8) is 0 Å². The van der Waals surface area contributed by atoms with Crippen molar-refractivity contribution in [3.8, 4) is 0 Å². The van der Waals surface area contributed by atoms with Crippen molar-refractivity contribution in [2.24, 2.45) is 17.3 Å². The molecule has 2 nitrogen and oxygen atoms in total. The van der Waals surface area contributed by atoms with Gasteiger partial charge in [0.25, 0.3) is 0 Å². The van der Waals surface area contributed by atoms with E-state index in [1.165, 1.54) is 25.7 Å². The topological polar surface area (TPSA) is 37.3 Å². The lowest BCUT2D eigenvalue weighted by molar-refractivity contribution is -0.147. The Hall–Kier alpha value is -0.530. The van der Waals surface area contributed by atoms with Crippen LogP contribution >= 0.6 is 0 Å². The van der Waals surface area contributed by atoms with Crippen LogP contribution < -0.4 is 0 Å². The van der Waals surface area contributed by atoms with Crippen molar-refractivity contribution < 1.29 is 9.90 Å². The Morgan fingerprint density at radius 2 is 1.56 bits per heavy atom. The SMILES string of the molecule is CCC(C)CCCC(C)CCCC(C)(C)C(=O)O. The molecule has 0 aliphatic carbocycles. The highest BCUT2D eigenvalue weighted by Gasteiger charge is 2.26. The van der Waals surface area contributed by atoms with E-state index in [0.717, 1.165) is 31.1 Å². The Morgan fingerprint density at radius 3 is 2.06 bits per heavy atom. The van der Waals surface area contributed by atoms with Gasteiger partial charge in [-0.05, 0) is 32.1 Å². The first-order valence-electron chi connectivity index (χ1n) is 7.53. The molecule has 0 aliphatic rings. The second-order valence-corrected chi connectivity index (χ2v) is 6.63. The second-order valence-electron chi connectivity index (χ2n) is 6.63. The Bertz CT molecular complexity index is 233. The predicted octanol–water partition coefficient (Wildman–Crippen LogP) is 5.12. The Labute approximate surface area is 113 Å². The molecule has 0 aliphatic heterocycles. The molecule has 1 N–H and O–H groups in total. The van der Waals surface area contributed by atoms with Crippen molar-refractivity contribution in [2.75, 3.05) is 0 Å². The number of rotatable bonds is 10. The van der Waals surface area contributed by atoms with Gasteiger partial charge < -0.3 is 5.11 Å². The van der Waals surface area contributed by atoms with Gasteiger partial charge in [0.1, 0.15) is 0 Å². The summed E-state index contributed by atoms with van der Waals surface area (Å²) in [7, 11) is 0. The molecule has 0 aromatic carbocycles. The summed E-state index contributed by atoms with van der Waals surface area (Å²) in [6, 6.07) is 0. The molecular formula is C16H32O2. The number of hydrogen-bond donors (Lipinski definition) is 1. The third-order valence-corrected chi connectivity index (χ3v) is 4.17. The van der Waals surface area contributed by atoms with Gasteiger partial charge in [0, 0.05) is 0 Å². The zero-order chi connectivity index (χ0) is 14.2. The van der Waals surface area contributed by atoms with E-state index in [4.69, 9.17) is 5.11 Å². The summed E-state index contributed by atoms with van der Waals surface area (Å²) in [6.07, 6.45) is 8.21. The van der Waals surface area contributed by atoms with Crippen LogP contribution in [0.2, 0.25) is 0 Å². The molecule has 18 heavy (non-hydrogen) atoms. The first-order chi connectivity index (χ1) is 8.29. The summed E-state index contributed by atoms with van der Waals surface area (Å²) in [5.74, 6) is 0.911. The molecule has 0 radical (unpaired) electrons. The Kier molecular flexibility index (Phi) is 8.30. The lowest BCUT2D eigenvalue weighted by atomic mass is 9.85. The quantitative estimate of drug-likeness (QED) is 0.589. The second kappa shape index (κ2) is 8.55. The Balaban J connectivity index is 3.65. The maximum Gasteiger partial charge on any atom is 0.309 e. The number of hydrogen-bond acceptors (Lipinski definition) is 1. The van der Waals surface area contributed by atoms with Crippen LogP contribution in [0, 0.1) is 17.3 Å². The zero-order valence-corrected chi connectivity index (χ0v) is 13.0. The third-order valence-electron chi connectivity index (χ3n) is 4.17. The number of aliphatic carboxylic acids is 1. The first-order valence-corrected chi connectivity index (χ1v) is 7.53. The van der Waals surface area contributed by atoms with E-state index < -0.39 is 11.4 Å². The van der Waals surface area contributed by atoms with Crippen molar-refractivity contribution in [1.29, 1.82) is 0 Å². The summed E-state index contributed by atoms with van der Waals surface area (Å²) >= 11 is 0. The molecule has 0 bridgehead atoms. The standard InChI is InChI=1S/C16H32O2/c1-6-13(2)9-7-10-14(3)11-8-12-16(4,5)15(17)18/h13-14H,6-12H2,1-5H3,(H,17,18). The molecule has 2 heteroatoms. The van der Waals surface area contributed by atoms with Gasteiger partial charge in [-0.3, -0.25) is 4.79 Å². The van der Waals surface area contributed by atoms with Crippen LogP contribution in [-0.4, -0.2) is 11.1 Å². The Morgan fingerprint density at radius 1 is 1.06 bits per heavy atom.